The first kappa shape index (κ1) is 47.7. The van der Waals surface area contributed by atoms with Gasteiger partial charge in [0.1, 0.15) is 19.3 Å². The van der Waals surface area contributed by atoms with Gasteiger partial charge in [-0.25, -0.2) is 0 Å². The van der Waals surface area contributed by atoms with Crippen LogP contribution < -0.4 is 5.11 Å². The zero-order valence-corrected chi connectivity index (χ0v) is 32.5. The summed E-state index contributed by atoms with van der Waals surface area (Å²) in [5.74, 6) is -1.87. The van der Waals surface area contributed by atoms with Crippen molar-refractivity contribution < 1.29 is 38.5 Å². The summed E-state index contributed by atoms with van der Waals surface area (Å²) in [4.78, 5) is 23.2. The molecule has 0 saturated heterocycles. The number of unbranched alkanes of at least 4 members (excludes halogenated alkanes) is 16. The molecule has 0 aliphatic rings. The van der Waals surface area contributed by atoms with Crippen LogP contribution in [0.2, 0.25) is 0 Å². The molecule has 8 heteroatoms. The Morgan fingerprint density at radius 1 is 0.620 bits per heavy atom. The fourth-order valence-electron chi connectivity index (χ4n) is 5.23. The van der Waals surface area contributed by atoms with Gasteiger partial charge >= 0.3 is 5.97 Å². The van der Waals surface area contributed by atoms with Gasteiger partial charge in [0, 0.05) is 6.42 Å². The van der Waals surface area contributed by atoms with E-state index in [9.17, 15) is 19.8 Å². The van der Waals surface area contributed by atoms with E-state index in [4.69, 9.17) is 14.2 Å². The average Bonchev–Trinajstić information content (AvgIpc) is 3.07. The van der Waals surface area contributed by atoms with E-state index in [-0.39, 0.29) is 25.8 Å². The van der Waals surface area contributed by atoms with Gasteiger partial charge in [0.2, 0.25) is 0 Å². The van der Waals surface area contributed by atoms with Crippen LogP contribution in [0.5, 0.6) is 0 Å². The fourth-order valence-corrected chi connectivity index (χ4v) is 5.23. The molecule has 8 nitrogen and oxygen atoms in total. The predicted octanol–water partition coefficient (Wildman–Crippen LogP) is 8.53. The molecular formula is C42H75NO7. The van der Waals surface area contributed by atoms with Gasteiger partial charge in [0.05, 0.1) is 40.3 Å². The molecule has 290 valence electrons. The lowest BCUT2D eigenvalue weighted by Gasteiger charge is -2.26. The maximum Gasteiger partial charge on any atom is 0.305 e. The maximum absolute atomic E-state index is 12.0. The lowest BCUT2D eigenvalue weighted by atomic mass is 10.0. The van der Waals surface area contributed by atoms with Crippen LogP contribution in [-0.4, -0.2) is 81.4 Å². The average molecular weight is 706 g/mol. The second-order valence-electron chi connectivity index (χ2n) is 14.4. The van der Waals surface area contributed by atoms with Gasteiger partial charge in [-0.3, -0.25) is 4.79 Å². The zero-order valence-electron chi connectivity index (χ0n) is 32.5. The Morgan fingerprint density at radius 3 is 1.52 bits per heavy atom. The van der Waals surface area contributed by atoms with Crippen molar-refractivity contribution in [2.75, 3.05) is 47.5 Å². The van der Waals surface area contributed by atoms with Crippen molar-refractivity contribution in [3.8, 4) is 0 Å². The molecule has 0 aromatic carbocycles. The number of esters is 1. The number of quaternary nitrogens is 1. The number of carboxylic acids is 1. The van der Waals surface area contributed by atoms with Gasteiger partial charge in [-0.2, -0.15) is 0 Å². The maximum atomic E-state index is 12.0. The van der Waals surface area contributed by atoms with Crippen LogP contribution in [0, 0.1) is 0 Å². The second kappa shape index (κ2) is 35.2. The van der Waals surface area contributed by atoms with Crippen molar-refractivity contribution in [1.29, 1.82) is 0 Å². The van der Waals surface area contributed by atoms with E-state index < -0.39 is 18.4 Å². The van der Waals surface area contributed by atoms with Crippen molar-refractivity contribution in [3.63, 3.8) is 0 Å². The number of carbonyl (C=O) groups excluding carboxylic acids is 2. The van der Waals surface area contributed by atoms with E-state index in [0.717, 1.165) is 44.9 Å². The number of carbonyl (C=O) groups is 2. The monoisotopic (exact) mass is 706 g/mol. The first-order valence-electron chi connectivity index (χ1n) is 19.8. The number of ether oxygens (including phenoxy) is 3. The third kappa shape index (κ3) is 37.0. The van der Waals surface area contributed by atoms with E-state index >= 15 is 0 Å². The topological polar surface area (TPSA) is 105 Å². The van der Waals surface area contributed by atoms with E-state index in [1.54, 1.807) is 0 Å². The molecule has 50 heavy (non-hydrogen) atoms. The normalized spacial score (nSPS) is 13.7. The number of allylic oxidation sites excluding steroid dienone is 8. The molecule has 0 radical (unpaired) electrons. The summed E-state index contributed by atoms with van der Waals surface area (Å²) in [6.45, 7) is 2.35. The SMILES string of the molecule is CC/C=C\C/C=C\C/C=C\C/C=C\CCCCCCCCCCCCCCCCCCC(=O)OCC(O)COC(OCC[N+](C)(C)C)C(=O)[O-]. The van der Waals surface area contributed by atoms with E-state index in [2.05, 4.69) is 55.5 Å². The Labute approximate surface area is 306 Å². The van der Waals surface area contributed by atoms with Crippen LogP contribution in [0.15, 0.2) is 48.6 Å². The van der Waals surface area contributed by atoms with E-state index in [0.29, 0.717) is 17.4 Å². The van der Waals surface area contributed by atoms with Crippen molar-refractivity contribution in [1.82, 2.24) is 0 Å². The summed E-state index contributed by atoms with van der Waals surface area (Å²) in [5, 5.41) is 21.2. The molecule has 0 aliphatic heterocycles. The van der Waals surface area contributed by atoms with Crippen LogP contribution in [0.3, 0.4) is 0 Å². The van der Waals surface area contributed by atoms with Gasteiger partial charge in [-0.1, -0.05) is 145 Å². The number of carboxylic acid groups (broad SMARTS) is 1. The van der Waals surface area contributed by atoms with Crippen LogP contribution in [0.1, 0.15) is 148 Å². The molecule has 0 aromatic heterocycles. The minimum atomic E-state index is -1.57. The summed E-state index contributed by atoms with van der Waals surface area (Å²) in [6.07, 6.45) is 41.3. The molecule has 0 bridgehead atoms. The lowest BCUT2D eigenvalue weighted by Crippen LogP contribution is -2.44. The number of aliphatic hydroxyl groups excluding tert-OH is 1. The van der Waals surface area contributed by atoms with Crippen LogP contribution in [0.25, 0.3) is 0 Å². The van der Waals surface area contributed by atoms with Crippen molar-refractivity contribution in [3.05, 3.63) is 48.6 Å². The molecule has 0 amide bonds. The predicted molar refractivity (Wildman–Crippen MR) is 204 cm³/mol. The van der Waals surface area contributed by atoms with Crippen LogP contribution in [0.4, 0.5) is 0 Å². The smallest absolute Gasteiger partial charge is 0.305 e. The number of likely N-dealkylation sites (N-methyl/N-ethyl adjacent to an activating group) is 1. The second-order valence-corrected chi connectivity index (χ2v) is 14.4. The highest BCUT2D eigenvalue weighted by atomic mass is 16.7. The van der Waals surface area contributed by atoms with E-state index in [1.807, 2.05) is 21.1 Å². The Morgan fingerprint density at radius 2 is 1.06 bits per heavy atom. The number of aliphatic carboxylic acids is 1. The van der Waals surface area contributed by atoms with Crippen LogP contribution >= 0.6 is 0 Å². The highest BCUT2D eigenvalue weighted by Gasteiger charge is 2.17. The molecule has 0 rings (SSSR count). The standard InChI is InChI=1S/C42H75NO7/c1-5-6-7-8-9-10-11-12-13-14-15-16-17-18-19-20-21-22-23-24-25-26-27-28-29-30-31-32-33-34-40(45)49-37-39(44)38-50-42(41(46)47)48-36-35-43(2,3)4/h6-7,9-10,12-13,15-16,39,42,44H,5,8,11,14,17-38H2,1-4H3/b7-6-,10-9-,13-12-,16-15-. The van der Waals surface area contributed by atoms with E-state index in [1.165, 1.54) is 89.9 Å². The molecule has 0 spiro atoms. The third-order valence-corrected chi connectivity index (χ3v) is 8.32. The highest BCUT2D eigenvalue weighted by molar-refractivity contribution is 5.69. The molecule has 2 unspecified atom stereocenters. The summed E-state index contributed by atoms with van der Waals surface area (Å²) in [6, 6.07) is 0. The zero-order chi connectivity index (χ0) is 37.0. The molecule has 0 fully saturated rings. The lowest BCUT2D eigenvalue weighted by molar-refractivity contribution is -0.870. The Bertz CT molecular complexity index is 906. The number of rotatable bonds is 36. The number of hydrogen-bond acceptors (Lipinski definition) is 7. The van der Waals surface area contributed by atoms with Gasteiger partial charge in [-0.15, -0.1) is 0 Å². The molecule has 2 atom stereocenters. The fraction of sp³-hybridized carbons (Fsp3) is 0.762. The first-order chi connectivity index (χ1) is 24.2. The molecule has 0 aromatic rings. The largest absolute Gasteiger partial charge is 0.545 e. The highest BCUT2D eigenvalue weighted by Crippen LogP contribution is 2.15. The van der Waals surface area contributed by atoms with Crippen molar-refractivity contribution >= 4 is 11.9 Å². The molecular weight excluding hydrogens is 630 g/mol. The van der Waals surface area contributed by atoms with Crippen molar-refractivity contribution in [2.45, 2.75) is 161 Å². The van der Waals surface area contributed by atoms with Crippen LogP contribution in [-0.2, 0) is 23.8 Å². The molecule has 0 saturated carbocycles. The summed E-state index contributed by atoms with van der Waals surface area (Å²) >= 11 is 0. The number of aliphatic hydroxyl groups is 1. The van der Waals surface area contributed by atoms with Gasteiger partial charge < -0.3 is 33.7 Å². The molecule has 0 aliphatic carbocycles. The van der Waals surface area contributed by atoms with Gasteiger partial charge in [-0.05, 0) is 44.9 Å². The Hall–Kier alpha value is -2.26. The number of hydrogen-bond donors (Lipinski definition) is 1. The Balaban J connectivity index is 3.46. The summed E-state index contributed by atoms with van der Waals surface area (Å²) < 4.78 is 16.0. The molecule has 0 heterocycles. The van der Waals surface area contributed by atoms with Gasteiger partial charge in [0.25, 0.3) is 0 Å². The minimum absolute atomic E-state index is 0.170. The van der Waals surface area contributed by atoms with Crippen molar-refractivity contribution in [2.24, 2.45) is 0 Å². The summed E-state index contributed by atoms with van der Waals surface area (Å²) in [5.41, 5.74) is 0. The summed E-state index contributed by atoms with van der Waals surface area (Å²) in [7, 11) is 5.87. The van der Waals surface area contributed by atoms with Gasteiger partial charge in [0.15, 0.2) is 6.29 Å². The third-order valence-electron chi connectivity index (χ3n) is 8.32. The Kier molecular flexibility index (Phi) is 33.6. The quantitative estimate of drug-likeness (QED) is 0.0229. The number of nitrogens with zero attached hydrogens (tertiary/aromatic N) is 1. The molecule has 1 N–H and O–H groups in total. The minimum Gasteiger partial charge on any atom is -0.545 e. The first-order valence-corrected chi connectivity index (χ1v) is 19.8.